The first-order chi connectivity index (χ1) is 17.4. The Morgan fingerprint density at radius 3 is 2.46 bits per heavy atom. The summed E-state index contributed by atoms with van der Waals surface area (Å²) < 4.78 is 35.0. The highest BCUT2D eigenvalue weighted by atomic mass is 35.5. The summed E-state index contributed by atoms with van der Waals surface area (Å²) in [4.78, 5) is 30.7. The molecule has 0 aliphatic heterocycles. The molecule has 0 spiro atoms. The van der Waals surface area contributed by atoms with Gasteiger partial charge >= 0.3 is 0 Å². The Morgan fingerprint density at radius 1 is 1.05 bits per heavy atom. The van der Waals surface area contributed by atoms with Crippen LogP contribution in [0.3, 0.4) is 0 Å². The molecular weight excluding hydrogens is 504 g/mol. The van der Waals surface area contributed by atoms with Gasteiger partial charge in [0.2, 0.25) is 0 Å². The summed E-state index contributed by atoms with van der Waals surface area (Å²) in [7, 11) is 0. The highest BCUT2D eigenvalue weighted by Gasteiger charge is 2.22. The lowest BCUT2D eigenvalue weighted by atomic mass is 10.0. The van der Waals surface area contributed by atoms with Crippen LogP contribution in [0.25, 0.3) is 11.5 Å². The van der Waals surface area contributed by atoms with Gasteiger partial charge in [0.15, 0.2) is 11.6 Å². The van der Waals surface area contributed by atoms with Crippen molar-refractivity contribution in [1.29, 1.82) is 0 Å². The van der Waals surface area contributed by atoms with E-state index in [0.717, 1.165) is 12.1 Å². The number of ether oxygens (including phenoxy) is 1. The van der Waals surface area contributed by atoms with Gasteiger partial charge in [-0.05, 0) is 63.1 Å². The molecule has 4 aromatic rings. The molecule has 10 heteroatoms. The summed E-state index contributed by atoms with van der Waals surface area (Å²) in [6.45, 7) is 6.35. The number of hydrogen-bond donors (Lipinski definition) is 1. The summed E-state index contributed by atoms with van der Waals surface area (Å²) >= 11 is 6.36. The van der Waals surface area contributed by atoms with Crippen LogP contribution in [0.5, 0.6) is 5.75 Å². The summed E-state index contributed by atoms with van der Waals surface area (Å²) in [6.07, 6.45) is 3.05. The van der Waals surface area contributed by atoms with Crippen molar-refractivity contribution in [2.24, 2.45) is 0 Å². The summed E-state index contributed by atoms with van der Waals surface area (Å²) in [6, 6.07) is 9.68. The predicted octanol–water partition coefficient (Wildman–Crippen LogP) is 4.74. The molecule has 37 heavy (non-hydrogen) atoms. The largest absolute Gasteiger partial charge is 0.487 e. The second-order valence-corrected chi connectivity index (χ2v) is 9.50. The maximum absolute atomic E-state index is 13.5. The Bertz CT molecular complexity index is 1620. The first-order valence-corrected chi connectivity index (χ1v) is 11.7. The smallest absolute Gasteiger partial charge is 0.277 e. The van der Waals surface area contributed by atoms with E-state index in [4.69, 9.17) is 16.3 Å². The molecule has 0 radical (unpaired) electrons. The Labute approximate surface area is 216 Å². The molecule has 0 bridgehead atoms. The molecule has 0 aliphatic rings. The number of pyridine rings is 3. The molecule has 192 valence electrons. The van der Waals surface area contributed by atoms with Crippen LogP contribution < -0.4 is 15.9 Å². The van der Waals surface area contributed by atoms with Crippen molar-refractivity contribution in [2.75, 3.05) is 0 Å². The number of hydrogen-bond acceptors (Lipinski definition) is 5. The minimum Gasteiger partial charge on any atom is -0.487 e. The van der Waals surface area contributed by atoms with E-state index in [1.807, 2.05) is 0 Å². The van der Waals surface area contributed by atoms with Crippen LogP contribution >= 0.6 is 11.6 Å². The van der Waals surface area contributed by atoms with Gasteiger partial charge in [0.25, 0.3) is 11.1 Å². The molecule has 0 unspecified atom stereocenters. The van der Waals surface area contributed by atoms with Gasteiger partial charge in [0.1, 0.15) is 23.2 Å². The number of nitrogens with zero attached hydrogens (tertiary/aromatic N) is 3. The van der Waals surface area contributed by atoms with Crippen molar-refractivity contribution in [2.45, 2.75) is 39.9 Å². The SMILES string of the molecule is Cc1cnc(-n2cccc(C(C)(C)O)c2=O)cc1-n1c(C)cc(OCc2ccc(F)c(F)c2)c(Cl)c1=O. The zero-order valence-corrected chi connectivity index (χ0v) is 21.3. The Kier molecular flexibility index (Phi) is 7.03. The van der Waals surface area contributed by atoms with Crippen molar-refractivity contribution in [3.05, 3.63) is 115 Å². The normalized spacial score (nSPS) is 11.6. The molecule has 1 aromatic carbocycles. The van der Waals surface area contributed by atoms with Crippen molar-refractivity contribution in [3.63, 3.8) is 0 Å². The van der Waals surface area contributed by atoms with Crippen LogP contribution in [0.1, 0.15) is 36.2 Å². The van der Waals surface area contributed by atoms with Crippen LogP contribution in [0, 0.1) is 25.5 Å². The van der Waals surface area contributed by atoms with E-state index < -0.39 is 28.4 Å². The quantitative estimate of drug-likeness (QED) is 0.391. The topological polar surface area (TPSA) is 86.3 Å². The van der Waals surface area contributed by atoms with Crippen LogP contribution in [-0.2, 0) is 12.2 Å². The fourth-order valence-corrected chi connectivity index (χ4v) is 4.09. The standard InChI is InChI=1S/C27H24ClF2N3O4/c1-15-13-31-23(32-9-5-6-18(25(32)34)27(3,4)36)12-21(15)33-16(2)10-22(24(28)26(33)35)37-14-17-7-8-19(29)20(30)11-17/h5-13,36H,14H2,1-4H3. The van der Waals surface area contributed by atoms with Gasteiger partial charge in [-0.15, -0.1) is 0 Å². The number of aliphatic hydroxyl groups is 1. The number of rotatable bonds is 6. The molecule has 3 heterocycles. The van der Waals surface area contributed by atoms with Crippen LogP contribution in [0.4, 0.5) is 8.78 Å². The first kappa shape index (κ1) is 26.2. The Hall–Kier alpha value is -3.82. The van der Waals surface area contributed by atoms with E-state index in [9.17, 15) is 23.5 Å². The second kappa shape index (κ2) is 9.91. The molecule has 0 atom stereocenters. The lowest BCUT2D eigenvalue weighted by Crippen LogP contribution is -2.31. The van der Waals surface area contributed by atoms with Crippen LogP contribution in [0.2, 0.25) is 5.02 Å². The first-order valence-electron chi connectivity index (χ1n) is 11.3. The number of aromatic nitrogens is 3. The summed E-state index contributed by atoms with van der Waals surface area (Å²) in [5.74, 6) is -1.64. The van der Waals surface area contributed by atoms with Gasteiger partial charge in [0, 0.05) is 35.8 Å². The molecule has 7 nitrogen and oxygen atoms in total. The third-order valence-corrected chi connectivity index (χ3v) is 6.18. The van der Waals surface area contributed by atoms with Gasteiger partial charge < -0.3 is 9.84 Å². The zero-order chi connectivity index (χ0) is 27.1. The number of benzene rings is 1. The molecule has 0 amide bonds. The molecule has 3 aromatic heterocycles. The van der Waals surface area contributed by atoms with E-state index in [0.29, 0.717) is 22.5 Å². The fourth-order valence-electron chi connectivity index (χ4n) is 3.89. The number of halogens is 3. The molecule has 4 rings (SSSR count). The van der Waals surface area contributed by atoms with Crippen LogP contribution in [0.15, 0.2) is 64.4 Å². The molecule has 1 N–H and O–H groups in total. The van der Waals surface area contributed by atoms with Gasteiger partial charge in [-0.2, -0.15) is 0 Å². The van der Waals surface area contributed by atoms with Gasteiger partial charge in [0.05, 0.1) is 11.3 Å². The monoisotopic (exact) mass is 527 g/mol. The van der Waals surface area contributed by atoms with Crippen molar-refractivity contribution < 1.29 is 18.6 Å². The van der Waals surface area contributed by atoms with E-state index in [1.165, 1.54) is 41.4 Å². The average Bonchev–Trinajstić information content (AvgIpc) is 2.83. The number of aryl methyl sites for hydroxylation is 2. The Balaban J connectivity index is 1.75. The lowest BCUT2D eigenvalue weighted by molar-refractivity contribution is 0.0767. The highest BCUT2D eigenvalue weighted by molar-refractivity contribution is 6.31. The van der Waals surface area contributed by atoms with Crippen LogP contribution in [-0.4, -0.2) is 19.2 Å². The van der Waals surface area contributed by atoms with Crippen molar-refractivity contribution in [3.8, 4) is 17.3 Å². The molecular formula is C27H24ClF2N3O4. The minimum absolute atomic E-state index is 0.0891. The van der Waals surface area contributed by atoms with E-state index in [1.54, 1.807) is 38.1 Å². The summed E-state index contributed by atoms with van der Waals surface area (Å²) in [5.41, 5.74) is -0.241. The second-order valence-electron chi connectivity index (χ2n) is 9.13. The molecule has 0 fully saturated rings. The van der Waals surface area contributed by atoms with E-state index in [2.05, 4.69) is 4.98 Å². The third kappa shape index (κ3) is 5.19. The molecule has 0 aliphatic carbocycles. The van der Waals surface area contributed by atoms with E-state index in [-0.39, 0.29) is 28.8 Å². The predicted molar refractivity (Wildman–Crippen MR) is 136 cm³/mol. The third-order valence-electron chi connectivity index (χ3n) is 5.83. The lowest BCUT2D eigenvalue weighted by Gasteiger charge is -2.19. The van der Waals surface area contributed by atoms with Gasteiger partial charge in [-0.1, -0.05) is 17.7 Å². The van der Waals surface area contributed by atoms with Crippen molar-refractivity contribution >= 4 is 11.6 Å². The average molecular weight is 528 g/mol. The maximum Gasteiger partial charge on any atom is 0.277 e. The minimum atomic E-state index is -1.36. The molecule has 0 saturated carbocycles. The van der Waals surface area contributed by atoms with E-state index >= 15 is 0 Å². The molecule has 0 saturated heterocycles. The van der Waals surface area contributed by atoms with Gasteiger partial charge in [-0.25, -0.2) is 13.8 Å². The Morgan fingerprint density at radius 2 is 1.78 bits per heavy atom. The highest BCUT2D eigenvalue weighted by Crippen LogP contribution is 2.26. The zero-order valence-electron chi connectivity index (χ0n) is 20.6. The van der Waals surface area contributed by atoms with Gasteiger partial charge in [-0.3, -0.25) is 18.7 Å². The van der Waals surface area contributed by atoms with Crippen molar-refractivity contribution in [1.82, 2.24) is 14.1 Å². The summed E-state index contributed by atoms with van der Waals surface area (Å²) in [5, 5.41) is 10.1. The maximum atomic E-state index is 13.5. The fraction of sp³-hybridized carbons (Fsp3) is 0.222.